The SMILES string of the molecule is NC(Cc1nn2c(C3CCOC3)nnc2s1)C1CC1. The van der Waals surface area contributed by atoms with E-state index in [0.717, 1.165) is 41.8 Å². The van der Waals surface area contributed by atoms with E-state index < -0.39 is 0 Å². The topological polar surface area (TPSA) is 78.3 Å². The van der Waals surface area contributed by atoms with Crippen molar-refractivity contribution in [1.29, 1.82) is 0 Å². The van der Waals surface area contributed by atoms with E-state index in [1.165, 1.54) is 12.8 Å². The molecule has 0 radical (unpaired) electrons. The summed E-state index contributed by atoms with van der Waals surface area (Å²) in [7, 11) is 0. The first-order chi connectivity index (χ1) is 9.31. The molecule has 0 aromatic carbocycles. The van der Waals surface area contributed by atoms with Gasteiger partial charge in [-0.3, -0.25) is 0 Å². The van der Waals surface area contributed by atoms with Crippen LogP contribution in [0.4, 0.5) is 0 Å². The fraction of sp³-hybridized carbons (Fsp3) is 0.750. The van der Waals surface area contributed by atoms with Crippen LogP contribution < -0.4 is 5.73 Å². The number of nitrogens with two attached hydrogens (primary N) is 1. The second-order valence-corrected chi connectivity index (χ2v) is 6.55. The predicted octanol–water partition coefficient (Wildman–Crippen LogP) is 0.969. The van der Waals surface area contributed by atoms with E-state index in [1.54, 1.807) is 11.3 Å². The molecule has 0 spiro atoms. The number of ether oxygens (including phenoxy) is 1. The van der Waals surface area contributed by atoms with E-state index in [9.17, 15) is 0 Å². The molecule has 0 amide bonds. The van der Waals surface area contributed by atoms with Crippen molar-refractivity contribution in [2.45, 2.75) is 37.6 Å². The van der Waals surface area contributed by atoms with E-state index in [4.69, 9.17) is 10.5 Å². The normalized spacial score (nSPS) is 25.2. The first-order valence-electron chi connectivity index (χ1n) is 6.85. The zero-order chi connectivity index (χ0) is 12.8. The Morgan fingerprint density at radius 1 is 1.37 bits per heavy atom. The summed E-state index contributed by atoms with van der Waals surface area (Å²) < 4.78 is 7.30. The van der Waals surface area contributed by atoms with Crippen LogP contribution in [0.25, 0.3) is 4.96 Å². The standard InChI is InChI=1S/C12H17N5OS/c13-9(7-1-2-7)5-10-16-17-11(8-3-4-18-6-8)14-15-12(17)19-10/h7-9H,1-6,13H2. The van der Waals surface area contributed by atoms with Crippen LogP contribution in [0.15, 0.2) is 0 Å². The summed E-state index contributed by atoms with van der Waals surface area (Å²) in [5, 5.41) is 14.2. The molecule has 102 valence electrons. The van der Waals surface area contributed by atoms with Crippen LogP contribution >= 0.6 is 11.3 Å². The van der Waals surface area contributed by atoms with Crippen LogP contribution in [0.1, 0.15) is 36.0 Å². The van der Waals surface area contributed by atoms with Gasteiger partial charge in [0.25, 0.3) is 0 Å². The minimum atomic E-state index is 0.252. The van der Waals surface area contributed by atoms with Gasteiger partial charge in [0.2, 0.25) is 4.96 Å². The molecule has 2 aromatic heterocycles. The van der Waals surface area contributed by atoms with Gasteiger partial charge < -0.3 is 10.5 Å². The van der Waals surface area contributed by atoms with Gasteiger partial charge in [0, 0.05) is 25.0 Å². The molecule has 19 heavy (non-hydrogen) atoms. The van der Waals surface area contributed by atoms with Gasteiger partial charge in [0.1, 0.15) is 5.01 Å². The number of fused-ring (bicyclic) bond motifs is 1. The maximum atomic E-state index is 6.16. The Balaban J connectivity index is 1.59. The molecule has 1 aliphatic carbocycles. The lowest BCUT2D eigenvalue weighted by molar-refractivity contribution is 0.193. The van der Waals surface area contributed by atoms with Gasteiger partial charge in [-0.25, -0.2) is 0 Å². The van der Waals surface area contributed by atoms with Crippen molar-refractivity contribution >= 4 is 16.3 Å². The second kappa shape index (κ2) is 4.50. The Morgan fingerprint density at radius 2 is 2.26 bits per heavy atom. The Bertz CT molecular complexity index is 584. The zero-order valence-electron chi connectivity index (χ0n) is 10.7. The van der Waals surface area contributed by atoms with Crippen LogP contribution in [-0.2, 0) is 11.2 Å². The number of hydrogen-bond acceptors (Lipinski definition) is 6. The van der Waals surface area contributed by atoms with Gasteiger partial charge in [0.05, 0.1) is 6.61 Å². The van der Waals surface area contributed by atoms with Gasteiger partial charge in [-0.05, 0) is 25.2 Å². The molecule has 7 heteroatoms. The van der Waals surface area contributed by atoms with Gasteiger partial charge in [-0.2, -0.15) is 9.61 Å². The largest absolute Gasteiger partial charge is 0.381 e. The fourth-order valence-corrected chi connectivity index (χ4v) is 3.55. The molecule has 1 aliphatic heterocycles. The van der Waals surface area contributed by atoms with Crippen LogP contribution in [0, 0.1) is 5.92 Å². The molecule has 2 fully saturated rings. The van der Waals surface area contributed by atoms with Crippen molar-refractivity contribution in [3.05, 3.63) is 10.8 Å². The molecule has 2 aromatic rings. The highest BCUT2D eigenvalue weighted by Gasteiger charge is 2.30. The summed E-state index contributed by atoms with van der Waals surface area (Å²) in [5.74, 6) is 1.98. The Kier molecular flexibility index (Phi) is 2.78. The summed E-state index contributed by atoms with van der Waals surface area (Å²) in [6, 6.07) is 0.252. The number of nitrogens with zero attached hydrogens (tertiary/aromatic N) is 4. The molecule has 0 bridgehead atoms. The monoisotopic (exact) mass is 279 g/mol. The molecule has 2 aliphatic rings. The van der Waals surface area contributed by atoms with E-state index in [0.29, 0.717) is 11.8 Å². The molecule has 1 saturated carbocycles. The maximum Gasteiger partial charge on any atom is 0.234 e. The smallest absolute Gasteiger partial charge is 0.234 e. The zero-order valence-corrected chi connectivity index (χ0v) is 11.5. The minimum Gasteiger partial charge on any atom is -0.381 e. The molecule has 2 N–H and O–H groups in total. The summed E-state index contributed by atoms with van der Waals surface area (Å²) in [5.41, 5.74) is 6.16. The van der Waals surface area contributed by atoms with Crippen molar-refractivity contribution in [2.75, 3.05) is 13.2 Å². The summed E-state index contributed by atoms with van der Waals surface area (Å²) in [6.45, 7) is 1.54. The van der Waals surface area contributed by atoms with E-state index >= 15 is 0 Å². The van der Waals surface area contributed by atoms with Gasteiger partial charge in [-0.15, -0.1) is 10.2 Å². The van der Waals surface area contributed by atoms with E-state index in [2.05, 4.69) is 15.3 Å². The third-order valence-electron chi connectivity index (χ3n) is 3.99. The lowest BCUT2D eigenvalue weighted by atomic mass is 10.1. The third-order valence-corrected chi connectivity index (χ3v) is 4.91. The lowest BCUT2D eigenvalue weighted by Crippen LogP contribution is -2.25. The predicted molar refractivity (Wildman–Crippen MR) is 71.2 cm³/mol. The fourth-order valence-electron chi connectivity index (χ4n) is 2.64. The molecule has 6 nitrogen and oxygen atoms in total. The third kappa shape index (κ3) is 2.15. The highest BCUT2D eigenvalue weighted by molar-refractivity contribution is 7.16. The van der Waals surface area contributed by atoms with E-state index in [1.807, 2.05) is 4.52 Å². The first kappa shape index (κ1) is 11.7. The highest BCUT2D eigenvalue weighted by Crippen LogP contribution is 2.33. The molecule has 3 heterocycles. The summed E-state index contributed by atoms with van der Waals surface area (Å²) >= 11 is 1.61. The Morgan fingerprint density at radius 3 is 3.00 bits per heavy atom. The molecule has 2 unspecified atom stereocenters. The molecule has 4 rings (SSSR count). The van der Waals surface area contributed by atoms with Gasteiger partial charge in [-0.1, -0.05) is 11.3 Å². The van der Waals surface area contributed by atoms with Crippen molar-refractivity contribution < 1.29 is 4.74 Å². The molecular weight excluding hydrogens is 262 g/mol. The van der Waals surface area contributed by atoms with Crippen molar-refractivity contribution in [3.63, 3.8) is 0 Å². The molecule has 2 atom stereocenters. The Hall–Kier alpha value is -1.05. The van der Waals surface area contributed by atoms with Crippen LogP contribution in [0.3, 0.4) is 0 Å². The highest BCUT2D eigenvalue weighted by atomic mass is 32.1. The average Bonchev–Trinajstić information content (AvgIpc) is 2.81. The van der Waals surface area contributed by atoms with Crippen LogP contribution in [0.2, 0.25) is 0 Å². The number of aromatic nitrogens is 4. The van der Waals surface area contributed by atoms with Crippen LogP contribution in [-0.4, -0.2) is 39.1 Å². The molecular formula is C12H17N5OS. The number of rotatable bonds is 4. The van der Waals surface area contributed by atoms with Gasteiger partial charge in [0.15, 0.2) is 5.82 Å². The van der Waals surface area contributed by atoms with Crippen LogP contribution in [0.5, 0.6) is 0 Å². The number of hydrogen-bond donors (Lipinski definition) is 1. The summed E-state index contributed by atoms with van der Waals surface area (Å²) in [4.78, 5) is 0.875. The lowest BCUT2D eigenvalue weighted by Gasteiger charge is -2.06. The van der Waals surface area contributed by atoms with Gasteiger partial charge >= 0.3 is 0 Å². The van der Waals surface area contributed by atoms with Crippen molar-refractivity contribution in [1.82, 2.24) is 19.8 Å². The molecule has 1 saturated heterocycles. The maximum absolute atomic E-state index is 6.16. The quantitative estimate of drug-likeness (QED) is 0.902. The Labute approximate surface area is 115 Å². The first-order valence-corrected chi connectivity index (χ1v) is 7.67. The minimum absolute atomic E-state index is 0.252. The van der Waals surface area contributed by atoms with E-state index in [-0.39, 0.29) is 6.04 Å². The second-order valence-electron chi connectivity index (χ2n) is 5.51. The van der Waals surface area contributed by atoms with Crippen molar-refractivity contribution in [2.24, 2.45) is 11.7 Å². The van der Waals surface area contributed by atoms with Crippen molar-refractivity contribution in [3.8, 4) is 0 Å². The average molecular weight is 279 g/mol. The summed E-state index contributed by atoms with van der Waals surface area (Å²) in [6.07, 6.45) is 4.42.